The molecule has 0 spiro atoms. The van der Waals surface area contributed by atoms with E-state index >= 15 is 0 Å². The molecular weight excluding hydrogens is 424 g/mol. The number of hydrogen-bond donors (Lipinski definition) is 0. The van der Waals surface area contributed by atoms with Gasteiger partial charge in [0.2, 0.25) is 0 Å². The fraction of sp³-hybridized carbons (Fsp3) is 0.733. The molecule has 1 aromatic carbocycles. The fourth-order valence-corrected chi connectivity index (χ4v) is 6.90. The third kappa shape index (κ3) is 4.53. The van der Waals surface area contributed by atoms with Crippen LogP contribution in [0.3, 0.4) is 0 Å². The molecule has 4 fully saturated rings. The van der Waals surface area contributed by atoms with Gasteiger partial charge in [0.25, 0.3) is 0 Å². The minimum absolute atomic E-state index is 0.0767. The number of carbonyl (C=O) groups excluding carboxylic acids is 2. The maximum Gasteiger partial charge on any atom is 0.163 e. The van der Waals surface area contributed by atoms with Crippen molar-refractivity contribution in [1.29, 1.82) is 0 Å². The lowest BCUT2D eigenvalue weighted by Crippen LogP contribution is -2.33. The summed E-state index contributed by atoms with van der Waals surface area (Å²) in [6.45, 7) is 13.3. The van der Waals surface area contributed by atoms with Gasteiger partial charge < -0.3 is 9.47 Å². The molecular formula is C30H42O4. The van der Waals surface area contributed by atoms with Crippen LogP contribution in [0, 0.1) is 22.7 Å². The first-order valence-electron chi connectivity index (χ1n) is 13.3. The van der Waals surface area contributed by atoms with E-state index in [2.05, 4.69) is 41.5 Å². The standard InChI is InChI=1S/C30H42O4/c1-27(2,21-10-12-29(5)25(15-21)33-29)17-23(31)19-8-7-9-20(14-19)24(32)18-28(3,4)22-11-13-30(6)26(16-22)34-30/h7-9,14,21-22,25-26H,10-13,15-18H2,1-6H3. The molecule has 2 aliphatic heterocycles. The van der Waals surface area contributed by atoms with Crippen LogP contribution in [0.15, 0.2) is 24.3 Å². The second-order valence-electron chi connectivity index (χ2n) is 13.5. The van der Waals surface area contributed by atoms with Gasteiger partial charge in [0.05, 0.1) is 23.4 Å². The molecule has 6 atom stereocenters. The normalized spacial score (nSPS) is 36.9. The van der Waals surface area contributed by atoms with Gasteiger partial charge >= 0.3 is 0 Å². The van der Waals surface area contributed by atoms with Gasteiger partial charge in [-0.25, -0.2) is 0 Å². The number of fused-ring (bicyclic) bond motifs is 2. The Kier molecular flexibility index (Phi) is 5.69. The van der Waals surface area contributed by atoms with Gasteiger partial charge in [0.15, 0.2) is 11.6 Å². The van der Waals surface area contributed by atoms with E-state index in [0.717, 1.165) is 38.5 Å². The van der Waals surface area contributed by atoms with E-state index in [1.54, 1.807) is 0 Å². The first-order chi connectivity index (χ1) is 15.8. The highest BCUT2D eigenvalue weighted by atomic mass is 16.6. The Hall–Kier alpha value is -1.52. The first-order valence-corrected chi connectivity index (χ1v) is 13.3. The Morgan fingerprint density at radius 1 is 0.824 bits per heavy atom. The van der Waals surface area contributed by atoms with Crippen molar-refractivity contribution in [3.8, 4) is 0 Å². The summed E-state index contributed by atoms with van der Waals surface area (Å²) in [6, 6.07) is 7.44. The number of rotatable bonds is 8. The number of hydrogen-bond acceptors (Lipinski definition) is 4. The van der Waals surface area contributed by atoms with E-state index in [1.165, 1.54) is 0 Å². The van der Waals surface area contributed by atoms with Crippen LogP contribution >= 0.6 is 0 Å². The van der Waals surface area contributed by atoms with Gasteiger partial charge in [-0.15, -0.1) is 0 Å². The van der Waals surface area contributed by atoms with Crippen LogP contribution in [0.1, 0.15) is 114 Å². The summed E-state index contributed by atoms with van der Waals surface area (Å²) >= 11 is 0. The molecule has 186 valence electrons. The third-order valence-corrected chi connectivity index (χ3v) is 10.00. The molecule has 0 amide bonds. The van der Waals surface area contributed by atoms with E-state index in [9.17, 15) is 9.59 Å². The van der Waals surface area contributed by atoms with E-state index in [4.69, 9.17) is 9.47 Å². The zero-order chi connectivity index (χ0) is 24.5. The van der Waals surface area contributed by atoms with Crippen molar-refractivity contribution in [3.05, 3.63) is 35.4 Å². The summed E-state index contributed by atoms with van der Waals surface area (Å²) in [6.07, 6.45) is 8.27. The average Bonchev–Trinajstić information content (AvgIpc) is 3.64. The summed E-state index contributed by atoms with van der Waals surface area (Å²) in [5.41, 5.74) is 1.38. The Bertz CT molecular complexity index is 918. The van der Waals surface area contributed by atoms with Crippen LogP contribution in [0.25, 0.3) is 0 Å². The molecule has 1 aromatic rings. The maximum atomic E-state index is 13.3. The van der Waals surface area contributed by atoms with E-state index in [-0.39, 0.29) is 33.6 Å². The first kappa shape index (κ1) is 24.2. The van der Waals surface area contributed by atoms with Gasteiger partial charge in [-0.3, -0.25) is 9.59 Å². The van der Waals surface area contributed by atoms with Gasteiger partial charge in [0.1, 0.15) is 0 Å². The van der Waals surface area contributed by atoms with Crippen molar-refractivity contribution in [2.75, 3.05) is 0 Å². The van der Waals surface area contributed by atoms with Gasteiger partial charge in [-0.05, 0) is 81.1 Å². The molecule has 0 N–H and O–H groups in total. The number of carbonyl (C=O) groups is 2. The van der Waals surface area contributed by atoms with Gasteiger partial charge in [-0.2, -0.15) is 0 Å². The van der Waals surface area contributed by atoms with Crippen LogP contribution in [0.2, 0.25) is 0 Å². The molecule has 34 heavy (non-hydrogen) atoms. The van der Waals surface area contributed by atoms with E-state index in [1.807, 2.05) is 24.3 Å². The second-order valence-corrected chi connectivity index (χ2v) is 13.5. The zero-order valence-electron chi connectivity index (χ0n) is 21.9. The van der Waals surface area contributed by atoms with Crippen molar-refractivity contribution in [2.24, 2.45) is 22.7 Å². The van der Waals surface area contributed by atoms with E-state index in [0.29, 0.717) is 48.0 Å². The topological polar surface area (TPSA) is 59.2 Å². The fourth-order valence-electron chi connectivity index (χ4n) is 6.90. The molecule has 2 aliphatic carbocycles. The molecule has 2 saturated carbocycles. The predicted molar refractivity (Wildman–Crippen MR) is 133 cm³/mol. The maximum absolute atomic E-state index is 13.3. The van der Waals surface area contributed by atoms with Crippen LogP contribution in [0.4, 0.5) is 0 Å². The van der Waals surface area contributed by atoms with Gasteiger partial charge in [-0.1, -0.05) is 45.9 Å². The molecule has 4 aliphatic rings. The molecule has 2 heterocycles. The molecule has 0 bridgehead atoms. The summed E-state index contributed by atoms with van der Waals surface area (Å²) in [5.74, 6) is 1.27. The highest BCUT2D eigenvalue weighted by molar-refractivity contribution is 6.01. The zero-order valence-corrected chi connectivity index (χ0v) is 21.9. The lowest BCUT2D eigenvalue weighted by Gasteiger charge is -2.37. The largest absolute Gasteiger partial charge is 0.366 e. The number of ketones is 2. The summed E-state index contributed by atoms with van der Waals surface area (Å²) in [5, 5.41) is 0. The van der Waals surface area contributed by atoms with E-state index < -0.39 is 0 Å². The predicted octanol–water partition coefficient (Wildman–Crippen LogP) is 6.80. The Morgan fingerprint density at radius 3 is 1.62 bits per heavy atom. The summed E-state index contributed by atoms with van der Waals surface area (Å²) in [7, 11) is 0. The molecule has 4 nitrogen and oxygen atoms in total. The van der Waals surface area contributed by atoms with Crippen LogP contribution in [-0.2, 0) is 9.47 Å². The average molecular weight is 467 g/mol. The SMILES string of the molecule is CC(C)(CC(=O)c1cccc(C(=O)CC(C)(C)C2CCC3(C)OC3C2)c1)C1CCC2(C)OC2C1. The Morgan fingerprint density at radius 2 is 1.24 bits per heavy atom. The number of benzene rings is 1. The molecule has 0 aromatic heterocycles. The lowest BCUT2D eigenvalue weighted by atomic mass is 9.66. The van der Waals surface area contributed by atoms with Crippen molar-refractivity contribution in [1.82, 2.24) is 0 Å². The highest BCUT2D eigenvalue weighted by Crippen LogP contribution is 2.55. The van der Waals surface area contributed by atoms with Crippen LogP contribution < -0.4 is 0 Å². The minimum Gasteiger partial charge on any atom is -0.366 e. The van der Waals surface area contributed by atoms with Gasteiger partial charge in [0, 0.05) is 24.0 Å². The van der Waals surface area contributed by atoms with Crippen molar-refractivity contribution >= 4 is 11.6 Å². The molecule has 5 rings (SSSR count). The second kappa shape index (κ2) is 8.00. The third-order valence-electron chi connectivity index (χ3n) is 10.00. The smallest absolute Gasteiger partial charge is 0.163 e. The molecule has 6 unspecified atom stereocenters. The summed E-state index contributed by atoms with van der Waals surface area (Å²) < 4.78 is 11.8. The number of ether oxygens (including phenoxy) is 2. The highest BCUT2D eigenvalue weighted by Gasteiger charge is 2.58. The van der Waals surface area contributed by atoms with Crippen molar-refractivity contribution in [2.45, 2.75) is 116 Å². The number of Topliss-reactive ketones (excluding diaryl/α,β-unsaturated/α-hetero) is 2. The minimum atomic E-state index is -0.0767. The summed E-state index contributed by atoms with van der Waals surface area (Å²) in [4.78, 5) is 26.6. The quantitative estimate of drug-likeness (QED) is 0.312. The molecule has 0 radical (unpaired) electrons. The Labute approximate surface area is 205 Å². The van der Waals surface area contributed by atoms with Crippen LogP contribution in [0.5, 0.6) is 0 Å². The van der Waals surface area contributed by atoms with Crippen LogP contribution in [-0.4, -0.2) is 35.0 Å². The lowest BCUT2D eigenvalue weighted by molar-refractivity contribution is 0.0837. The molecule has 2 saturated heterocycles. The number of epoxide rings is 2. The van der Waals surface area contributed by atoms with Crippen molar-refractivity contribution in [3.63, 3.8) is 0 Å². The Balaban J connectivity index is 1.21. The molecule has 4 heteroatoms. The van der Waals surface area contributed by atoms with Crippen molar-refractivity contribution < 1.29 is 19.1 Å². The monoisotopic (exact) mass is 466 g/mol.